The molecule has 0 aliphatic carbocycles. The zero-order chi connectivity index (χ0) is 20.0. The van der Waals surface area contributed by atoms with Crippen molar-refractivity contribution in [2.75, 3.05) is 29.4 Å². The van der Waals surface area contributed by atoms with Crippen LogP contribution in [0.3, 0.4) is 0 Å². The molecule has 29 heavy (non-hydrogen) atoms. The van der Waals surface area contributed by atoms with E-state index in [1.807, 2.05) is 30.3 Å². The highest BCUT2D eigenvalue weighted by Crippen LogP contribution is 2.35. The first-order valence-corrected chi connectivity index (χ1v) is 9.86. The Morgan fingerprint density at radius 3 is 2.62 bits per heavy atom. The molecule has 3 aromatic rings. The van der Waals surface area contributed by atoms with Crippen molar-refractivity contribution in [2.45, 2.75) is 19.3 Å². The molecule has 3 heterocycles. The maximum atomic E-state index is 13.6. The summed E-state index contributed by atoms with van der Waals surface area (Å²) in [6, 6.07) is 14.5. The lowest BCUT2D eigenvalue weighted by Gasteiger charge is -2.24. The van der Waals surface area contributed by atoms with Gasteiger partial charge in [-0.05, 0) is 37.0 Å². The monoisotopic (exact) mass is 388 g/mol. The van der Waals surface area contributed by atoms with Crippen molar-refractivity contribution in [1.82, 2.24) is 4.98 Å². The molecule has 5 rings (SSSR count). The molecule has 7 heteroatoms. The minimum atomic E-state index is -0.422. The minimum absolute atomic E-state index is 0.000136. The quantitative estimate of drug-likeness (QED) is 0.501. The number of nitro groups is 1. The van der Waals surface area contributed by atoms with Crippen LogP contribution >= 0.6 is 0 Å². The number of anilines is 2. The smallest absolute Gasteiger partial charge is 0.271 e. The van der Waals surface area contributed by atoms with Gasteiger partial charge < -0.3 is 9.80 Å². The van der Waals surface area contributed by atoms with Crippen LogP contribution in [0.2, 0.25) is 0 Å². The summed E-state index contributed by atoms with van der Waals surface area (Å²) in [5.41, 5.74) is 3.01. The number of carbonyl (C=O) groups excluding carboxylic acids is 1. The third-order valence-electron chi connectivity index (χ3n) is 5.76. The molecule has 2 aromatic carbocycles. The number of benzene rings is 2. The Bertz CT molecular complexity index is 1140. The number of carbonyl (C=O) groups is 1. The molecule has 7 nitrogen and oxygen atoms in total. The maximum absolute atomic E-state index is 13.6. The summed E-state index contributed by atoms with van der Waals surface area (Å²) in [7, 11) is 0. The summed E-state index contributed by atoms with van der Waals surface area (Å²) in [5.74, 6) is 0.564. The molecule has 1 saturated heterocycles. The van der Waals surface area contributed by atoms with Gasteiger partial charge in [0.1, 0.15) is 5.82 Å². The Morgan fingerprint density at radius 1 is 1.03 bits per heavy atom. The van der Waals surface area contributed by atoms with E-state index in [4.69, 9.17) is 4.98 Å². The van der Waals surface area contributed by atoms with Crippen molar-refractivity contribution in [2.24, 2.45) is 0 Å². The Labute approximate surface area is 167 Å². The summed E-state index contributed by atoms with van der Waals surface area (Å²) in [6.45, 7) is 2.28. The lowest BCUT2D eigenvalue weighted by molar-refractivity contribution is -0.384. The molecule has 1 amide bonds. The number of para-hydroxylation sites is 1. The van der Waals surface area contributed by atoms with E-state index >= 15 is 0 Å². The predicted molar refractivity (Wildman–Crippen MR) is 112 cm³/mol. The fourth-order valence-electron chi connectivity index (χ4n) is 4.27. The summed E-state index contributed by atoms with van der Waals surface area (Å²) < 4.78 is 0. The van der Waals surface area contributed by atoms with Gasteiger partial charge in [0, 0.05) is 37.2 Å². The summed E-state index contributed by atoms with van der Waals surface area (Å²) in [5, 5.41) is 12.1. The van der Waals surface area contributed by atoms with Crippen molar-refractivity contribution in [3.8, 4) is 0 Å². The van der Waals surface area contributed by atoms with E-state index < -0.39 is 4.92 Å². The van der Waals surface area contributed by atoms with Gasteiger partial charge in [-0.3, -0.25) is 14.9 Å². The summed E-state index contributed by atoms with van der Waals surface area (Å²) >= 11 is 0. The van der Waals surface area contributed by atoms with Crippen molar-refractivity contribution >= 4 is 34.0 Å². The van der Waals surface area contributed by atoms with Crippen molar-refractivity contribution < 1.29 is 9.72 Å². The second kappa shape index (κ2) is 6.84. The van der Waals surface area contributed by atoms with Gasteiger partial charge in [-0.1, -0.05) is 24.3 Å². The van der Waals surface area contributed by atoms with Crippen LogP contribution in [0.5, 0.6) is 0 Å². The number of nitro benzene ring substituents is 1. The minimum Gasteiger partial charge on any atom is -0.356 e. The van der Waals surface area contributed by atoms with Gasteiger partial charge in [0.25, 0.3) is 11.6 Å². The van der Waals surface area contributed by atoms with Crippen molar-refractivity contribution in [1.29, 1.82) is 0 Å². The third kappa shape index (κ3) is 2.99. The lowest BCUT2D eigenvalue weighted by Crippen LogP contribution is -2.32. The van der Waals surface area contributed by atoms with Crippen LogP contribution in [-0.4, -0.2) is 35.4 Å². The highest BCUT2D eigenvalue weighted by Gasteiger charge is 2.31. The number of hydrogen-bond acceptors (Lipinski definition) is 5. The van der Waals surface area contributed by atoms with Crippen LogP contribution in [0.4, 0.5) is 17.2 Å². The molecule has 1 fully saturated rings. The fourth-order valence-corrected chi connectivity index (χ4v) is 4.27. The second-order valence-electron chi connectivity index (χ2n) is 7.52. The molecule has 0 N–H and O–H groups in total. The predicted octanol–water partition coefficient (Wildman–Crippen LogP) is 3.95. The van der Waals surface area contributed by atoms with E-state index in [1.54, 1.807) is 11.0 Å². The van der Waals surface area contributed by atoms with Crippen LogP contribution in [0, 0.1) is 10.1 Å². The van der Waals surface area contributed by atoms with Gasteiger partial charge in [-0.15, -0.1) is 0 Å². The summed E-state index contributed by atoms with van der Waals surface area (Å²) in [6.07, 6.45) is 2.86. The van der Waals surface area contributed by atoms with E-state index in [-0.39, 0.29) is 11.6 Å². The normalized spacial score (nSPS) is 15.7. The zero-order valence-corrected chi connectivity index (χ0v) is 15.9. The number of non-ortho nitro benzene ring substituents is 1. The SMILES string of the molecule is O=C(c1cc2ccccc2nc1N1CCCC1)N1CCc2ccc([N+](=O)[O-])cc21. The number of pyridine rings is 1. The molecule has 2 aliphatic rings. The molecule has 1 aromatic heterocycles. The number of hydrogen-bond donors (Lipinski definition) is 0. The van der Waals surface area contributed by atoms with Crippen LogP contribution in [0.15, 0.2) is 48.5 Å². The van der Waals surface area contributed by atoms with E-state index in [0.717, 1.165) is 42.4 Å². The van der Waals surface area contributed by atoms with E-state index in [9.17, 15) is 14.9 Å². The Balaban J connectivity index is 1.61. The van der Waals surface area contributed by atoms with Crippen LogP contribution < -0.4 is 9.80 Å². The standard InChI is InChI=1S/C22H20N4O3/c27-22(25-12-9-15-7-8-17(26(28)29)14-20(15)25)18-13-16-5-1-2-6-19(16)23-21(18)24-10-3-4-11-24/h1-2,5-8,13-14H,3-4,9-12H2. The third-order valence-corrected chi connectivity index (χ3v) is 5.76. The molecular formula is C22H20N4O3. The van der Waals surface area contributed by atoms with Gasteiger partial charge in [-0.25, -0.2) is 4.98 Å². The highest BCUT2D eigenvalue weighted by atomic mass is 16.6. The number of fused-ring (bicyclic) bond motifs is 2. The van der Waals surface area contributed by atoms with Gasteiger partial charge in [0.2, 0.25) is 0 Å². The number of amides is 1. The molecule has 146 valence electrons. The average molecular weight is 388 g/mol. The molecule has 0 radical (unpaired) electrons. The molecule has 0 unspecified atom stereocenters. The topological polar surface area (TPSA) is 79.6 Å². The molecule has 0 saturated carbocycles. The average Bonchev–Trinajstić information content (AvgIpc) is 3.41. The largest absolute Gasteiger partial charge is 0.356 e. The fraction of sp³-hybridized carbons (Fsp3) is 0.273. The van der Waals surface area contributed by atoms with Gasteiger partial charge in [-0.2, -0.15) is 0 Å². The molecule has 2 aliphatic heterocycles. The van der Waals surface area contributed by atoms with Crippen molar-refractivity contribution in [3.05, 3.63) is 69.8 Å². The van der Waals surface area contributed by atoms with Gasteiger partial charge in [0.05, 0.1) is 21.7 Å². The van der Waals surface area contributed by atoms with E-state index in [0.29, 0.717) is 30.0 Å². The molecule has 0 bridgehead atoms. The zero-order valence-electron chi connectivity index (χ0n) is 15.9. The summed E-state index contributed by atoms with van der Waals surface area (Å²) in [4.78, 5) is 33.0. The highest BCUT2D eigenvalue weighted by molar-refractivity contribution is 6.12. The van der Waals surface area contributed by atoms with Crippen LogP contribution in [-0.2, 0) is 6.42 Å². The Hall–Kier alpha value is -3.48. The molecule has 0 spiro atoms. The van der Waals surface area contributed by atoms with Crippen LogP contribution in [0.1, 0.15) is 28.8 Å². The van der Waals surface area contributed by atoms with E-state index in [2.05, 4.69) is 4.90 Å². The van der Waals surface area contributed by atoms with E-state index in [1.165, 1.54) is 12.1 Å². The lowest BCUT2D eigenvalue weighted by atomic mass is 10.1. The molecule has 0 atom stereocenters. The maximum Gasteiger partial charge on any atom is 0.271 e. The van der Waals surface area contributed by atoms with Gasteiger partial charge >= 0.3 is 0 Å². The first-order chi connectivity index (χ1) is 14.1. The first kappa shape index (κ1) is 17.6. The molecular weight excluding hydrogens is 368 g/mol. The van der Waals surface area contributed by atoms with Gasteiger partial charge in [0.15, 0.2) is 0 Å². The number of aromatic nitrogens is 1. The first-order valence-electron chi connectivity index (χ1n) is 9.86. The van der Waals surface area contributed by atoms with Crippen LogP contribution in [0.25, 0.3) is 10.9 Å². The number of rotatable bonds is 3. The Kier molecular flexibility index (Phi) is 4.16. The van der Waals surface area contributed by atoms with Crippen molar-refractivity contribution in [3.63, 3.8) is 0 Å². The number of nitrogens with zero attached hydrogens (tertiary/aromatic N) is 4. The second-order valence-corrected chi connectivity index (χ2v) is 7.52. The Morgan fingerprint density at radius 2 is 1.83 bits per heavy atom.